The molecule has 0 saturated carbocycles. The number of amides is 1. The molecule has 3 aromatic rings. The molecule has 124 valence electrons. The van der Waals surface area contributed by atoms with Gasteiger partial charge in [-0.05, 0) is 49.0 Å². The molecule has 0 saturated heterocycles. The third-order valence-electron chi connectivity index (χ3n) is 3.61. The third-order valence-corrected chi connectivity index (χ3v) is 4.38. The van der Waals surface area contributed by atoms with Gasteiger partial charge in [0.15, 0.2) is 4.77 Å². The highest BCUT2D eigenvalue weighted by Crippen LogP contribution is 2.27. The van der Waals surface area contributed by atoms with Gasteiger partial charge in [0, 0.05) is 10.0 Å². The Morgan fingerprint density at radius 2 is 2.00 bits per heavy atom. The summed E-state index contributed by atoms with van der Waals surface area (Å²) in [5, 5.41) is 3.75. The zero-order valence-corrected chi connectivity index (χ0v) is 14.7. The van der Waals surface area contributed by atoms with E-state index in [9.17, 15) is 9.18 Å². The number of halogens is 3. The maximum Gasteiger partial charge on any atom is 0.254 e. The largest absolute Gasteiger partial charge is 0.345 e. The molecule has 0 spiro atoms. The minimum absolute atomic E-state index is 0.161. The molecule has 24 heavy (non-hydrogen) atoms. The maximum atomic E-state index is 13.8. The van der Waals surface area contributed by atoms with Gasteiger partial charge in [0.2, 0.25) is 0 Å². The van der Waals surface area contributed by atoms with Gasteiger partial charge in [-0.25, -0.2) is 4.39 Å². The lowest BCUT2D eigenvalue weighted by atomic mass is 10.1. The SMILES string of the molecule is CC(NC(=O)c1cc(F)cc2[nH]c(=S)[nH]c12)c1ccc(Cl)cc1Cl. The van der Waals surface area contributed by atoms with E-state index in [-0.39, 0.29) is 11.6 Å². The first-order valence-corrected chi connectivity index (χ1v) is 8.19. The standard InChI is InChI=1S/C16H12Cl2FN3OS/c1-7(10-3-2-8(17)4-12(10)18)20-15(23)11-5-9(19)6-13-14(11)22-16(24)21-13/h2-7H,1H3,(H,20,23)(H2,21,22,24). The van der Waals surface area contributed by atoms with Crippen LogP contribution in [-0.2, 0) is 0 Å². The van der Waals surface area contributed by atoms with Crippen molar-refractivity contribution in [1.82, 2.24) is 15.3 Å². The van der Waals surface area contributed by atoms with Crippen molar-refractivity contribution in [1.29, 1.82) is 0 Å². The van der Waals surface area contributed by atoms with Crippen LogP contribution in [0.4, 0.5) is 4.39 Å². The second-order valence-corrected chi connectivity index (χ2v) is 6.57. The summed E-state index contributed by atoms with van der Waals surface area (Å²) < 4.78 is 14.1. The summed E-state index contributed by atoms with van der Waals surface area (Å²) in [6.45, 7) is 1.78. The Morgan fingerprint density at radius 1 is 1.25 bits per heavy atom. The predicted octanol–water partition coefficient (Wildman–Crippen LogP) is 5.16. The molecule has 3 rings (SSSR count). The fraction of sp³-hybridized carbons (Fsp3) is 0.125. The molecule has 1 unspecified atom stereocenters. The number of carbonyl (C=O) groups is 1. The quantitative estimate of drug-likeness (QED) is 0.546. The van der Waals surface area contributed by atoms with E-state index in [1.807, 2.05) is 0 Å². The molecule has 0 radical (unpaired) electrons. The van der Waals surface area contributed by atoms with E-state index in [1.165, 1.54) is 6.07 Å². The Morgan fingerprint density at radius 3 is 2.71 bits per heavy atom. The number of hydrogen-bond acceptors (Lipinski definition) is 2. The predicted molar refractivity (Wildman–Crippen MR) is 95.8 cm³/mol. The first-order chi connectivity index (χ1) is 11.3. The van der Waals surface area contributed by atoms with Crippen molar-refractivity contribution in [2.75, 3.05) is 0 Å². The lowest BCUT2D eigenvalue weighted by Gasteiger charge is -2.16. The van der Waals surface area contributed by atoms with Crippen LogP contribution in [0.1, 0.15) is 28.9 Å². The number of rotatable bonds is 3. The van der Waals surface area contributed by atoms with Crippen LogP contribution in [0, 0.1) is 10.6 Å². The van der Waals surface area contributed by atoms with Crippen LogP contribution in [0.2, 0.25) is 10.0 Å². The molecule has 1 aromatic heterocycles. The van der Waals surface area contributed by atoms with Gasteiger partial charge in [-0.1, -0.05) is 29.3 Å². The summed E-state index contributed by atoms with van der Waals surface area (Å²) in [6, 6.07) is 7.08. The van der Waals surface area contributed by atoms with Crippen LogP contribution in [0.15, 0.2) is 30.3 Å². The zero-order valence-electron chi connectivity index (χ0n) is 12.4. The molecule has 0 aliphatic heterocycles. The normalized spacial score (nSPS) is 12.3. The van der Waals surface area contributed by atoms with Crippen molar-refractivity contribution < 1.29 is 9.18 Å². The van der Waals surface area contributed by atoms with Crippen LogP contribution in [0.3, 0.4) is 0 Å². The molecular formula is C16H12Cl2FN3OS. The Labute approximate surface area is 152 Å². The Balaban J connectivity index is 1.93. The van der Waals surface area contributed by atoms with E-state index in [0.717, 1.165) is 6.07 Å². The molecule has 0 aliphatic rings. The number of nitrogens with one attached hydrogen (secondary N) is 3. The average molecular weight is 384 g/mol. The van der Waals surface area contributed by atoms with E-state index in [4.69, 9.17) is 35.4 Å². The van der Waals surface area contributed by atoms with Crippen molar-refractivity contribution in [3.05, 3.63) is 62.1 Å². The van der Waals surface area contributed by atoms with Crippen LogP contribution >= 0.6 is 35.4 Å². The average Bonchev–Trinajstić information content (AvgIpc) is 2.85. The topological polar surface area (TPSA) is 60.7 Å². The second-order valence-electron chi connectivity index (χ2n) is 5.32. The fourth-order valence-corrected chi connectivity index (χ4v) is 3.28. The van der Waals surface area contributed by atoms with Crippen LogP contribution in [-0.4, -0.2) is 15.9 Å². The van der Waals surface area contributed by atoms with Gasteiger partial charge in [0.1, 0.15) is 5.82 Å². The van der Waals surface area contributed by atoms with Crippen molar-refractivity contribution in [2.45, 2.75) is 13.0 Å². The van der Waals surface area contributed by atoms with Crippen molar-refractivity contribution in [3.8, 4) is 0 Å². The molecule has 4 nitrogen and oxygen atoms in total. The highest BCUT2D eigenvalue weighted by atomic mass is 35.5. The van der Waals surface area contributed by atoms with Crippen LogP contribution in [0.25, 0.3) is 11.0 Å². The van der Waals surface area contributed by atoms with Gasteiger partial charge >= 0.3 is 0 Å². The first-order valence-electron chi connectivity index (χ1n) is 7.02. The summed E-state index contributed by atoms with van der Waals surface area (Å²) in [7, 11) is 0. The van der Waals surface area contributed by atoms with Crippen molar-refractivity contribution in [2.24, 2.45) is 0 Å². The van der Waals surface area contributed by atoms with Gasteiger partial charge < -0.3 is 15.3 Å². The number of hydrogen-bond donors (Lipinski definition) is 3. The van der Waals surface area contributed by atoms with Crippen molar-refractivity contribution >= 4 is 52.4 Å². The monoisotopic (exact) mass is 383 g/mol. The number of carbonyl (C=O) groups excluding carboxylic acids is 1. The highest BCUT2D eigenvalue weighted by molar-refractivity contribution is 7.71. The number of aromatic nitrogens is 2. The summed E-state index contributed by atoms with van der Waals surface area (Å²) in [6.07, 6.45) is 0. The molecule has 2 aromatic carbocycles. The summed E-state index contributed by atoms with van der Waals surface area (Å²) in [4.78, 5) is 18.2. The number of fused-ring (bicyclic) bond motifs is 1. The van der Waals surface area contributed by atoms with Gasteiger partial charge in [-0.3, -0.25) is 4.79 Å². The molecule has 3 N–H and O–H groups in total. The lowest BCUT2D eigenvalue weighted by Crippen LogP contribution is -2.27. The van der Waals surface area contributed by atoms with Crippen molar-refractivity contribution in [3.63, 3.8) is 0 Å². The fourth-order valence-electron chi connectivity index (χ4n) is 2.49. The number of H-pyrrole nitrogens is 2. The lowest BCUT2D eigenvalue weighted by molar-refractivity contribution is 0.0941. The Bertz CT molecular complexity index is 999. The third kappa shape index (κ3) is 3.31. The highest BCUT2D eigenvalue weighted by Gasteiger charge is 2.18. The number of benzene rings is 2. The summed E-state index contributed by atoms with van der Waals surface area (Å²) >= 11 is 17.0. The Hall–Kier alpha value is -1.89. The maximum absolute atomic E-state index is 13.8. The Kier molecular flexibility index (Phi) is 4.62. The first kappa shape index (κ1) is 17.0. The molecule has 8 heteroatoms. The van der Waals surface area contributed by atoms with E-state index in [1.54, 1.807) is 25.1 Å². The van der Waals surface area contributed by atoms with Crippen LogP contribution in [0.5, 0.6) is 0 Å². The smallest absolute Gasteiger partial charge is 0.254 e. The minimum atomic E-state index is -0.532. The number of imidazole rings is 1. The van der Waals surface area contributed by atoms with Gasteiger partial charge in [-0.15, -0.1) is 0 Å². The molecule has 0 fully saturated rings. The van der Waals surface area contributed by atoms with Gasteiger partial charge in [0.25, 0.3) is 5.91 Å². The molecule has 1 heterocycles. The zero-order chi connectivity index (χ0) is 17.4. The van der Waals surface area contributed by atoms with Gasteiger partial charge in [0.05, 0.1) is 22.6 Å². The number of aromatic amines is 2. The van der Waals surface area contributed by atoms with E-state index >= 15 is 0 Å². The summed E-state index contributed by atoms with van der Waals surface area (Å²) in [5.41, 5.74) is 1.76. The van der Waals surface area contributed by atoms with Gasteiger partial charge in [-0.2, -0.15) is 0 Å². The van der Waals surface area contributed by atoms with E-state index in [0.29, 0.717) is 31.4 Å². The molecular weight excluding hydrogens is 372 g/mol. The molecule has 1 atom stereocenters. The van der Waals surface area contributed by atoms with Crippen LogP contribution < -0.4 is 5.32 Å². The van der Waals surface area contributed by atoms with E-state index in [2.05, 4.69) is 15.3 Å². The molecule has 1 amide bonds. The minimum Gasteiger partial charge on any atom is -0.345 e. The molecule has 0 bridgehead atoms. The van der Waals surface area contributed by atoms with E-state index < -0.39 is 11.7 Å². The molecule has 0 aliphatic carbocycles. The second kappa shape index (κ2) is 6.55. The summed E-state index contributed by atoms with van der Waals surface area (Å²) in [5.74, 6) is -0.974.